The third-order valence-corrected chi connectivity index (χ3v) is 3.06. The summed E-state index contributed by atoms with van der Waals surface area (Å²) in [7, 11) is 0. The summed E-state index contributed by atoms with van der Waals surface area (Å²) in [6.45, 7) is 1.85. The van der Waals surface area contributed by atoms with Crippen molar-refractivity contribution in [2.45, 2.75) is 57.7 Å². The Hall–Kier alpha value is -0.610. The van der Waals surface area contributed by atoms with Crippen molar-refractivity contribution in [1.29, 1.82) is 0 Å². The van der Waals surface area contributed by atoms with Crippen LogP contribution in [-0.4, -0.2) is 35.0 Å². The van der Waals surface area contributed by atoms with Gasteiger partial charge < -0.3 is 14.9 Å². The zero-order valence-corrected chi connectivity index (χ0v) is 9.89. The van der Waals surface area contributed by atoms with Crippen LogP contribution in [0, 0.1) is 5.92 Å². The highest BCUT2D eigenvalue weighted by atomic mass is 16.5. The number of esters is 1. The minimum Gasteiger partial charge on any atom is -0.462 e. The van der Waals surface area contributed by atoms with Crippen molar-refractivity contribution in [2.75, 3.05) is 6.61 Å². The van der Waals surface area contributed by atoms with Gasteiger partial charge in [-0.15, -0.1) is 0 Å². The predicted molar refractivity (Wildman–Crippen MR) is 59.8 cm³/mol. The van der Waals surface area contributed by atoms with Crippen LogP contribution in [0.15, 0.2) is 0 Å². The third-order valence-electron chi connectivity index (χ3n) is 3.06. The van der Waals surface area contributed by atoms with Gasteiger partial charge in [0.15, 0.2) is 0 Å². The molecule has 1 saturated heterocycles. The van der Waals surface area contributed by atoms with Gasteiger partial charge in [0.1, 0.15) is 6.10 Å². The largest absolute Gasteiger partial charge is 0.462 e. The minimum absolute atomic E-state index is 0.0231. The van der Waals surface area contributed by atoms with Gasteiger partial charge in [-0.3, -0.25) is 4.79 Å². The molecule has 1 aliphatic heterocycles. The molecule has 0 unspecified atom stereocenters. The van der Waals surface area contributed by atoms with Gasteiger partial charge in [-0.05, 0) is 25.7 Å². The Labute approximate surface area is 96.6 Å². The Morgan fingerprint density at radius 3 is 2.88 bits per heavy atom. The smallest absolute Gasteiger partial charge is 0.309 e. The first kappa shape index (κ1) is 13.5. The van der Waals surface area contributed by atoms with Gasteiger partial charge in [-0.2, -0.15) is 0 Å². The molecule has 0 bridgehead atoms. The van der Waals surface area contributed by atoms with Crippen molar-refractivity contribution >= 4 is 5.97 Å². The molecule has 4 nitrogen and oxygen atoms in total. The van der Waals surface area contributed by atoms with Crippen LogP contribution >= 0.6 is 0 Å². The monoisotopic (exact) mass is 230 g/mol. The highest BCUT2D eigenvalue weighted by Gasteiger charge is 2.34. The average molecular weight is 230 g/mol. The lowest BCUT2D eigenvalue weighted by molar-refractivity contribution is -0.145. The van der Waals surface area contributed by atoms with E-state index in [-0.39, 0.29) is 24.6 Å². The van der Waals surface area contributed by atoms with Gasteiger partial charge in [-0.1, -0.05) is 19.8 Å². The number of carbonyl (C=O) groups is 1. The van der Waals surface area contributed by atoms with Crippen LogP contribution < -0.4 is 0 Å². The number of aliphatic hydroxyl groups is 2. The molecule has 1 fully saturated rings. The number of unbranched alkanes of at least 4 members (excludes halogenated alkanes) is 2. The van der Waals surface area contributed by atoms with Crippen LogP contribution in [0.25, 0.3) is 0 Å². The van der Waals surface area contributed by atoms with Crippen LogP contribution in [-0.2, 0) is 9.53 Å². The van der Waals surface area contributed by atoms with E-state index in [1.165, 1.54) is 0 Å². The normalized spacial score (nSPS) is 26.8. The average Bonchev–Trinajstić information content (AvgIpc) is 2.60. The molecular formula is C12H22O4. The van der Waals surface area contributed by atoms with Gasteiger partial charge in [0.2, 0.25) is 0 Å². The highest BCUT2D eigenvalue weighted by molar-refractivity contribution is 5.74. The maximum atomic E-state index is 11.5. The third kappa shape index (κ3) is 4.10. The zero-order chi connectivity index (χ0) is 12.0. The fourth-order valence-corrected chi connectivity index (χ4v) is 2.12. The van der Waals surface area contributed by atoms with E-state index in [0.717, 1.165) is 25.7 Å². The van der Waals surface area contributed by atoms with Crippen molar-refractivity contribution in [3.63, 3.8) is 0 Å². The van der Waals surface area contributed by atoms with E-state index in [0.29, 0.717) is 12.8 Å². The van der Waals surface area contributed by atoms with Crippen LogP contribution in [0.4, 0.5) is 0 Å². The van der Waals surface area contributed by atoms with Gasteiger partial charge in [0, 0.05) is 0 Å². The van der Waals surface area contributed by atoms with E-state index < -0.39 is 6.10 Å². The van der Waals surface area contributed by atoms with Crippen molar-refractivity contribution < 1.29 is 19.7 Å². The quantitative estimate of drug-likeness (QED) is 0.510. The van der Waals surface area contributed by atoms with E-state index in [2.05, 4.69) is 6.92 Å². The van der Waals surface area contributed by atoms with E-state index in [4.69, 9.17) is 9.84 Å². The number of rotatable bonds is 7. The second-order valence-corrected chi connectivity index (χ2v) is 4.56. The summed E-state index contributed by atoms with van der Waals surface area (Å²) in [5, 5.41) is 18.0. The topological polar surface area (TPSA) is 66.8 Å². The summed E-state index contributed by atoms with van der Waals surface area (Å²) in [6, 6.07) is 0. The number of carbonyl (C=O) groups excluding carboxylic acids is 1. The molecule has 1 heterocycles. The molecule has 3 atom stereocenters. The lowest BCUT2D eigenvalue weighted by Gasteiger charge is -2.09. The van der Waals surface area contributed by atoms with Crippen molar-refractivity contribution in [1.82, 2.24) is 0 Å². The summed E-state index contributed by atoms with van der Waals surface area (Å²) >= 11 is 0. The van der Waals surface area contributed by atoms with Crippen LogP contribution in [0.3, 0.4) is 0 Å². The van der Waals surface area contributed by atoms with E-state index in [1.807, 2.05) is 0 Å². The molecule has 94 valence electrons. The SMILES string of the molecule is CCCCC[C@@H]1C[C@@H](C[C@@H](O)CO)C(=O)O1. The molecule has 2 N–H and O–H groups in total. The number of cyclic esters (lactones) is 1. The Morgan fingerprint density at radius 2 is 2.25 bits per heavy atom. The summed E-state index contributed by atoms with van der Waals surface area (Å²) in [5.74, 6) is -0.442. The van der Waals surface area contributed by atoms with Crippen molar-refractivity contribution in [2.24, 2.45) is 5.92 Å². The van der Waals surface area contributed by atoms with Gasteiger partial charge in [-0.25, -0.2) is 0 Å². The molecule has 4 heteroatoms. The second kappa shape index (κ2) is 6.86. The summed E-state index contributed by atoms with van der Waals surface area (Å²) in [6.07, 6.45) is 4.57. The Balaban J connectivity index is 2.27. The number of hydrogen-bond donors (Lipinski definition) is 2. The standard InChI is InChI=1S/C12H22O4/c1-2-3-4-5-11-7-9(12(15)16-11)6-10(14)8-13/h9-11,13-14H,2-8H2,1H3/t9-,10-,11-/m1/s1. The molecule has 0 aromatic rings. The maximum Gasteiger partial charge on any atom is 0.309 e. The fraction of sp³-hybridized carbons (Fsp3) is 0.917. The lowest BCUT2D eigenvalue weighted by Crippen LogP contribution is -2.20. The second-order valence-electron chi connectivity index (χ2n) is 4.56. The molecule has 0 aromatic heterocycles. The molecule has 16 heavy (non-hydrogen) atoms. The van der Waals surface area contributed by atoms with E-state index in [9.17, 15) is 9.90 Å². The lowest BCUT2D eigenvalue weighted by atomic mass is 9.96. The summed E-state index contributed by atoms with van der Waals surface area (Å²) < 4.78 is 5.23. The van der Waals surface area contributed by atoms with Crippen LogP contribution in [0.2, 0.25) is 0 Å². The fourth-order valence-electron chi connectivity index (χ4n) is 2.12. The number of aliphatic hydroxyl groups excluding tert-OH is 2. The highest BCUT2D eigenvalue weighted by Crippen LogP contribution is 2.28. The molecular weight excluding hydrogens is 208 g/mol. The predicted octanol–water partition coefficient (Wildman–Crippen LogP) is 1.24. The summed E-state index contributed by atoms with van der Waals surface area (Å²) in [4.78, 5) is 11.5. The number of ether oxygens (including phenoxy) is 1. The van der Waals surface area contributed by atoms with E-state index >= 15 is 0 Å². The van der Waals surface area contributed by atoms with E-state index in [1.54, 1.807) is 0 Å². The van der Waals surface area contributed by atoms with Gasteiger partial charge in [0.05, 0.1) is 18.6 Å². The number of hydrogen-bond acceptors (Lipinski definition) is 4. The Bertz CT molecular complexity index is 217. The maximum absolute atomic E-state index is 11.5. The van der Waals surface area contributed by atoms with Crippen molar-refractivity contribution in [3.8, 4) is 0 Å². The van der Waals surface area contributed by atoms with Crippen LogP contribution in [0.5, 0.6) is 0 Å². The molecule has 0 amide bonds. The minimum atomic E-state index is -0.799. The van der Waals surface area contributed by atoms with Crippen molar-refractivity contribution in [3.05, 3.63) is 0 Å². The van der Waals surface area contributed by atoms with Crippen LogP contribution in [0.1, 0.15) is 45.4 Å². The molecule has 0 radical (unpaired) electrons. The molecule has 0 aliphatic carbocycles. The molecule has 0 aromatic carbocycles. The first-order valence-electron chi connectivity index (χ1n) is 6.16. The summed E-state index contributed by atoms with van der Waals surface area (Å²) in [5.41, 5.74) is 0. The van der Waals surface area contributed by atoms with Gasteiger partial charge in [0.25, 0.3) is 0 Å². The first-order chi connectivity index (χ1) is 7.67. The van der Waals surface area contributed by atoms with Gasteiger partial charge >= 0.3 is 5.97 Å². The molecule has 0 spiro atoms. The first-order valence-corrected chi connectivity index (χ1v) is 6.16. The zero-order valence-electron chi connectivity index (χ0n) is 9.89. The molecule has 1 aliphatic rings. The molecule has 0 saturated carbocycles. The Morgan fingerprint density at radius 1 is 1.50 bits per heavy atom. The molecule has 1 rings (SSSR count). The Kier molecular flexibility index (Phi) is 5.77.